The summed E-state index contributed by atoms with van der Waals surface area (Å²) in [5, 5.41) is 3.54. The van der Waals surface area contributed by atoms with Crippen LogP contribution in [0.4, 0.5) is 0 Å². The van der Waals surface area contributed by atoms with Crippen LogP contribution < -0.4 is 5.32 Å². The van der Waals surface area contributed by atoms with E-state index in [1.807, 2.05) is 30.7 Å². The van der Waals surface area contributed by atoms with Crippen molar-refractivity contribution in [2.24, 2.45) is 0 Å². The molecule has 0 fully saturated rings. The van der Waals surface area contributed by atoms with Crippen LogP contribution in [-0.4, -0.2) is 22.6 Å². The molecule has 2 aromatic heterocycles. The van der Waals surface area contributed by atoms with Gasteiger partial charge in [0.05, 0.1) is 0 Å². The second-order valence-corrected chi connectivity index (χ2v) is 5.74. The zero-order valence-corrected chi connectivity index (χ0v) is 13.3. The molecule has 0 amide bonds. The van der Waals surface area contributed by atoms with Crippen molar-refractivity contribution in [2.75, 3.05) is 6.54 Å². The summed E-state index contributed by atoms with van der Waals surface area (Å²) < 4.78 is 1.02. The molecule has 2 aromatic rings. The van der Waals surface area contributed by atoms with Gasteiger partial charge < -0.3 is 5.32 Å². The van der Waals surface area contributed by atoms with Crippen molar-refractivity contribution >= 4 is 15.9 Å². The Hall–Kier alpha value is -1.26. The molecule has 106 valence electrons. The van der Waals surface area contributed by atoms with Crippen LogP contribution in [0, 0.1) is 0 Å². The van der Waals surface area contributed by atoms with Gasteiger partial charge in [0.2, 0.25) is 0 Å². The second kappa shape index (κ2) is 8.12. The van der Waals surface area contributed by atoms with Crippen molar-refractivity contribution in [1.82, 2.24) is 15.3 Å². The first-order chi connectivity index (χ1) is 9.78. The first kappa shape index (κ1) is 15.1. The number of halogens is 1. The maximum Gasteiger partial charge on any atom is 0.0419 e. The van der Waals surface area contributed by atoms with E-state index < -0.39 is 0 Å². The minimum absolute atomic E-state index is 0.453. The van der Waals surface area contributed by atoms with Crippen LogP contribution in [0.2, 0.25) is 0 Å². The molecule has 0 spiro atoms. The number of aryl methyl sites for hydroxylation is 1. The minimum atomic E-state index is 0.453. The molecule has 2 heterocycles. The number of hydrogen-bond acceptors (Lipinski definition) is 3. The van der Waals surface area contributed by atoms with Gasteiger partial charge in [-0.05, 0) is 59.1 Å². The van der Waals surface area contributed by atoms with Gasteiger partial charge in [-0.1, -0.05) is 13.0 Å². The number of likely N-dealkylation sites (N-methyl/N-ethyl adjacent to an activating group) is 1. The highest BCUT2D eigenvalue weighted by atomic mass is 79.9. The van der Waals surface area contributed by atoms with Gasteiger partial charge in [0.15, 0.2) is 0 Å². The van der Waals surface area contributed by atoms with Crippen LogP contribution in [0.3, 0.4) is 0 Å². The maximum absolute atomic E-state index is 4.46. The number of aromatic nitrogens is 2. The molecule has 0 saturated heterocycles. The van der Waals surface area contributed by atoms with Crippen LogP contribution in [0.15, 0.2) is 47.3 Å². The topological polar surface area (TPSA) is 37.8 Å². The van der Waals surface area contributed by atoms with Crippen molar-refractivity contribution in [2.45, 2.75) is 32.2 Å². The molecule has 0 saturated carbocycles. The van der Waals surface area contributed by atoms with Gasteiger partial charge in [0, 0.05) is 41.2 Å². The van der Waals surface area contributed by atoms with Gasteiger partial charge in [-0.15, -0.1) is 0 Å². The Kier molecular flexibility index (Phi) is 6.15. The molecule has 0 aliphatic rings. The highest BCUT2D eigenvalue weighted by Crippen LogP contribution is 2.11. The van der Waals surface area contributed by atoms with Gasteiger partial charge in [0.25, 0.3) is 0 Å². The van der Waals surface area contributed by atoms with Crippen molar-refractivity contribution in [3.8, 4) is 0 Å². The Morgan fingerprint density at radius 1 is 1.25 bits per heavy atom. The van der Waals surface area contributed by atoms with Crippen LogP contribution in [0.25, 0.3) is 0 Å². The highest BCUT2D eigenvalue weighted by molar-refractivity contribution is 9.10. The van der Waals surface area contributed by atoms with Crippen molar-refractivity contribution < 1.29 is 0 Å². The highest BCUT2D eigenvalue weighted by Gasteiger charge is 2.09. The lowest BCUT2D eigenvalue weighted by molar-refractivity contribution is 0.486. The van der Waals surface area contributed by atoms with E-state index in [1.165, 1.54) is 5.56 Å². The fraction of sp³-hybridized carbons (Fsp3) is 0.375. The summed E-state index contributed by atoms with van der Waals surface area (Å²) in [7, 11) is 0. The monoisotopic (exact) mass is 333 g/mol. The molecule has 4 heteroatoms. The van der Waals surface area contributed by atoms with Crippen LogP contribution in [-0.2, 0) is 12.8 Å². The average Bonchev–Trinajstić information content (AvgIpc) is 2.48. The summed E-state index contributed by atoms with van der Waals surface area (Å²) in [6.07, 6.45) is 8.72. The molecule has 1 atom stereocenters. The van der Waals surface area contributed by atoms with Gasteiger partial charge >= 0.3 is 0 Å². The third-order valence-corrected chi connectivity index (χ3v) is 3.71. The fourth-order valence-corrected chi connectivity index (χ4v) is 2.47. The number of hydrogen-bond donors (Lipinski definition) is 1. The second-order valence-electron chi connectivity index (χ2n) is 4.83. The van der Waals surface area contributed by atoms with Crippen molar-refractivity contribution in [3.05, 3.63) is 58.6 Å². The predicted molar refractivity (Wildman–Crippen MR) is 85.7 cm³/mol. The van der Waals surface area contributed by atoms with E-state index in [1.54, 1.807) is 0 Å². The van der Waals surface area contributed by atoms with Crippen LogP contribution in [0.1, 0.15) is 24.6 Å². The van der Waals surface area contributed by atoms with E-state index in [0.717, 1.165) is 36.0 Å². The molecular formula is C16H20BrN3. The van der Waals surface area contributed by atoms with E-state index in [9.17, 15) is 0 Å². The number of rotatable bonds is 7. The third-order valence-electron chi connectivity index (χ3n) is 3.24. The zero-order chi connectivity index (χ0) is 14.2. The van der Waals surface area contributed by atoms with Gasteiger partial charge in [-0.2, -0.15) is 0 Å². The average molecular weight is 334 g/mol. The lowest BCUT2D eigenvalue weighted by Gasteiger charge is -2.17. The van der Waals surface area contributed by atoms with Gasteiger partial charge in [-0.3, -0.25) is 9.97 Å². The molecule has 0 aromatic carbocycles. The first-order valence-corrected chi connectivity index (χ1v) is 7.80. The van der Waals surface area contributed by atoms with E-state index in [4.69, 9.17) is 0 Å². The Bertz CT molecular complexity index is 499. The quantitative estimate of drug-likeness (QED) is 0.843. The molecule has 0 aliphatic heterocycles. The number of nitrogens with zero attached hydrogens (tertiary/aromatic N) is 2. The largest absolute Gasteiger partial charge is 0.314 e. The standard InChI is InChI=1S/C16H20BrN3/c1-2-19-15(7-5-13-4-3-9-18-11-13)10-16-8-6-14(17)12-20-16/h3-4,6,8-9,11-12,15,19H,2,5,7,10H2,1H3. The zero-order valence-electron chi connectivity index (χ0n) is 11.7. The molecule has 0 radical (unpaired) electrons. The molecular weight excluding hydrogens is 314 g/mol. The third kappa shape index (κ3) is 5.02. The summed E-state index contributed by atoms with van der Waals surface area (Å²) in [5.41, 5.74) is 2.42. The van der Waals surface area contributed by atoms with E-state index in [0.29, 0.717) is 6.04 Å². The first-order valence-electron chi connectivity index (χ1n) is 7.00. The minimum Gasteiger partial charge on any atom is -0.314 e. The smallest absolute Gasteiger partial charge is 0.0419 e. The number of pyridine rings is 2. The summed E-state index contributed by atoms with van der Waals surface area (Å²) in [5.74, 6) is 0. The van der Waals surface area contributed by atoms with Crippen LogP contribution >= 0.6 is 15.9 Å². The summed E-state index contributed by atoms with van der Waals surface area (Å²) in [6, 6.07) is 8.71. The Morgan fingerprint density at radius 3 is 2.80 bits per heavy atom. The molecule has 1 N–H and O–H groups in total. The molecule has 0 aliphatic carbocycles. The summed E-state index contributed by atoms with van der Waals surface area (Å²) in [4.78, 5) is 8.62. The Morgan fingerprint density at radius 2 is 2.15 bits per heavy atom. The van der Waals surface area contributed by atoms with E-state index in [2.05, 4.69) is 50.3 Å². The molecule has 2 rings (SSSR count). The Labute approximate surface area is 129 Å². The summed E-state index contributed by atoms with van der Waals surface area (Å²) >= 11 is 3.42. The van der Waals surface area contributed by atoms with Gasteiger partial charge in [0.1, 0.15) is 0 Å². The van der Waals surface area contributed by atoms with Gasteiger partial charge in [-0.25, -0.2) is 0 Å². The molecule has 20 heavy (non-hydrogen) atoms. The SMILES string of the molecule is CCNC(CCc1cccnc1)Cc1ccc(Br)cn1. The Balaban J connectivity index is 1.91. The molecule has 0 bridgehead atoms. The van der Waals surface area contributed by atoms with Crippen LogP contribution in [0.5, 0.6) is 0 Å². The maximum atomic E-state index is 4.46. The number of nitrogens with one attached hydrogen (secondary N) is 1. The van der Waals surface area contributed by atoms with Crippen molar-refractivity contribution in [1.29, 1.82) is 0 Å². The summed E-state index contributed by atoms with van der Waals surface area (Å²) in [6.45, 7) is 3.13. The lowest BCUT2D eigenvalue weighted by Crippen LogP contribution is -2.31. The van der Waals surface area contributed by atoms with E-state index in [-0.39, 0.29) is 0 Å². The van der Waals surface area contributed by atoms with E-state index >= 15 is 0 Å². The normalized spacial score (nSPS) is 12.3. The fourth-order valence-electron chi connectivity index (χ4n) is 2.23. The lowest BCUT2D eigenvalue weighted by atomic mass is 10.0. The van der Waals surface area contributed by atoms with Crippen molar-refractivity contribution in [3.63, 3.8) is 0 Å². The molecule has 3 nitrogen and oxygen atoms in total. The molecule has 1 unspecified atom stereocenters. The predicted octanol–water partition coefficient (Wildman–Crippen LogP) is 3.39.